The molecular weight excluding hydrogens is 260 g/mol. The van der Waals surface area contributed by atoms with Crippen LogP contribution in [0.2, 0.25) is 0 Å². The molecular formula is C18H30N2O. The van der Waals surface area contributed by atoms with E-state index in [9.17, 15) is 0 Å². The highest BCUT2D eigenvalue weighted by Gasteiger charge is 2.20. The molecule has 0 radical (unpaired) electrons. The van der Waals surface area contributed by atoms with Gasteiger partial charge < -0.3 is 15.4 Å². The molecule has 118 valence electrons. The second kappa shape index (κ2) is 7.81. The molecule has 1 aromatic carbocycles. The van der Waals surface area contributed by atoms with Crippen molar-refractivity contribution in [1.29, 1.82) is 0 Å². The van der Waals surface area contributed by atoms with Gasteiger partial charge in [-0.05, 0) is 61.9 Å². The van der Waals surface area contributed by atoms with Crippen molar-refractivity contribution in [2.45, 2.75) is 39.2 Å². The third-order valence-electron chi connectivity index (χ3n) is 4.81. The van der Waals surface area contributed by atoms with Crippen LogP contribution in [-0.2, 0) is 0 Å². The van der Waals surface area contributed by atoms with Crippen molar-refractivity contribution < 1.29 is 4.74 Å². The molecule has 3 nitrogen and oxygen atoms in total. The summed E-state index contributed by atoms with van der Waals surface area (Å²) in [7, 11) is 1.69. The predicted molar refractivity (Wildman–Crippen MR) is 88.5 cm³/mol. The standard InChI is InChI=1S/C18H30N2O/c1-14(2)15-5-4-11-20(12-10-15)13-18(19)16-6-8-17(21-3)9-7-16/h6-9,14-15,18H,4-5,10-13,19H2,1-3H3. The summed E-state index contributed by atoms with van der Waals surface area (Å²) >= 11 is 0. The Morgan fingerprint density at radius 3 is 2.52 bits per heavy atom. The van der Waals surface area contributed by atoms with Crippen LogP contribution in [0.3, 0.4) is 0 Å². The Morgan fingerprint density at radius 2 is 1.90 bits per heavy atom. The van der Waals surface area contributed by atoms with Gasteiger partial charge in [0.15, 0.2) is 0 Å². The average Bonchev–Trinajstić information content (AvgIpc) is 2.73. The SMILES string of the molecule is COc1ccc(C(N)CN2CCCC(C(C)C)CC2)cc1. The summed E-state index contributed by atoms with van der Waals surface area (Å²) < 4.78 is 5.20. The summed E-state index contributed by atoms with van der Waals surface area (Å²) in [5.74, 6) is 2.58. The molecule has 0 spiro atoms. The molecule has 1 aromatic rings. The van der Waals surface area contributed by atoms with Gasteiger partial charge >= 0.3 is 0 Å². The second-order valence-corrected chi connectivity index (χ2v) is 6.62. The number of hydrogen-bond acceptors (Lipinski definition) is 3. The zero-order chi connectivity index (χ0) is 15.2. The van der Waals surface area contributed by atoms with Crippen LogP contribution >= 0.6 is 0 Å². The molecule has 2 atom stereocenters. The first-order valence-corrected chi connectivity index (χ1v) is 8.22. The molecule has 2 unspecified atom stereocenters. The van der Waals surface area contributed by atoms with Crippen LogP contribution in [0.4, 0.5) is 0 Å². The number of hydrogen-bond donors (Lipinski definition) is 1. The van der Waals surface area contributed by atoms with Gasteiger partial charge in [-0.2, -0.15) is 0 Å². The van der Waals surface area contributed by atoms with Crippen LogP contribution in [-0.4, -0.2) is 31.6 Å². The van der Waals surface area contributed by atoms with Gasteiger partial charge in [-0.3, -0.25) is 0 Å². The lowest BCUT2D eigenvalue weighted by molar-refractivity contribution is 0.257. The smallest absolute Gasteiger partial charge is 0.118 e. The topological polar surface area (TPSA) is 38.5 Å². The summed E-state index contributed by atoms with van der Waals surface area (Å²) in [6.07, 6.45) is 3.98. The Bertz CT molecular complexity index is 416. The van der Waals surface area contributed by atoms with Gasteiger partial charge in [0.05, 0.1) is 7.11 Å². The van der Waals surface area contributed by atoms with E-state index >= 15 is 0 Å². The van der Waals surface area contributed by atoms with Gasteiger partial charge in [-0.15, -0.1) is 0 Å². The molecule has 0 saturated carbocycles. The highest BCUT2D eigenvalue weighted by molar-refractivity contribution is 5.29. The number of nitrogens with two attached hydrogens (primary N) is 1. The molecule has 21 heavy (non-hydrogen) atoms. The van der Waals surface area contributed by atoms with Crippen LogP contribution in [0.25, 0.3) is 0 Å². The predicted octanol–water partition coefficient (Wildman–Crippen LogP) is 3.45. The van der Waals surface area contributed by atoms with E-state index in [-0.39, 0.29) is 6.04 Å². The Hall–Kier alpha value is -1.06. The number of nitrogens with zero attached hydrogens (tertiary/aromatic N) is 1. The Labute approximate surface area is 129 Å². The lowest BCUT2D eigenvalue weighted by atomic mass is 9.89. The highest BCUT2D eigenvalue weighted by Crippen LogP contribution is 2.25. The molecule has 0 aromatic heterocycles. The Kier molecular flexibility index (Phi) is 6.07. The van der Waals surface area contributed by atoms with Crippen LogP contribution < -0.4 is 10.5 Å². The largest absolute Gasteiger partial charge is 0.497 e. The molecule has 0 aliphatic carbocycles. The second-order valence-electron chi connectivity index (χ2n) is 6.62. The first kappa shape index (κ1) is 16.3. The minimum absolute atomic E-state index is 0.0894. The lowest BCUT2D eigenvalue weighted by Crippen LogP contribution is -2.33. The monoisotopic (exact) mass is 290 g/mol. The van der Waals surface area contributed by atoms with Crippen LogP contribution in [0, 0.1) is 11.8 Å². The minimum atomic E-state index is 0.0894. The third-order valence-corrected chi connectivity index (χ3v) is 4.81. The summed E-state index contributed by atoms with van der Waals surface area (Å²) in [4.78, 5) is 2.54. The first-order valence-electron chi connectivity index (χ1n) is 8.22. The zero-order valence-corrected chi connectivity index (χ0v) is 13.7. The van der Waals surface area contributed by atoms with E-state index in [0.717, 1.165) is 24.1 Å². The first-order chi connectivity index (χ1) is 10.1. The quantitative estimate of drug-likeness (QED) is 0.902. The van der Waals surface area contributed by atoms with E-state index in [0.29, 0.717) is 0 Å². The maximum atomic E-state index is 6.38. The molecule has 1 saturated heterocycles. The van der Waals surface area contributed by atoms with Crippen LogP contribution in [0.5, 0.6) is 5.75 Å². The van der Waals surface area contributed by atoms with E-state index in [1.807, 2.05) is 12.1 Å². The summed E-state index contributed by atoms with van der Waals surface area (Å²) in [5.41, 5.74) is 7.58. The maximum Gasteiger partial charge on any atom is 0.118 e. The van der Waals surface area contributed by atoms with E-state index in [1.54, 1.807) is 7.11 Å². The minimum Gasteiger partial charge on any atom is -0.497 e. The highest BCUT2D eigenvalue weighted by atomic mass is 16.5. The van der Waals surface area contributed by atoms with E-state index in [2.05, 4.69) is 30.9 Å². The third kappa shape index (κ3) is 4.72. The molecule has 0 amide bonds. The van der Waals surface area contributed by atoms with Gasteiger partial charge in [-0.1, -0.05) is 26.0 Å². The van der Waals surface area contributed by atoms with Crippen LogP contribution in [0.1, 0.15) is 44.7 Å². The fourth-order valence-corrected chi connectivity index (χ4v) is 3.27. The molecule has 2 N–H and O–H groups in total. The Morgan fingerprint density at radius 1 is 1.19 bits per heavy atom. The number of rotatable bonds is 5. The Balaban J connectivity index is 1.88. The normalized spacial score (nSPS) is 22.0. The fraction of sp³-hybridized carbons (Fsp3) is 0.667. The zero-order valence-electron chi connectivity index (χ0n) is 13.7. The molecule has 1 fully saturated rings. The van der Waals surface area contributed by atoms with Crippen molar-refractivity contribution >= 4 is 0 Å². The average molecular weight is 290 g/mol. The number of methoxy groups -OCH3 is 1. The number of ether oxygens (including phenoxy) is 1. The summed E-state index contributed by atoms with van der Waals surface area (Å²) in [6.45, 7) is 8.03. The molecule has 2 rings (SSSR count). The summed E-state index contributed by atoms with van der Waals surface area (Å²) in [5, 5.41) is 0. The van der Waals surface area contributed by atoms with Gasteiger partial charge in [0.25, 0.3) is 0 Å². The number of benzene rings is 1. The number of likely N-dealkylation sites (tertiary alicyclic amines) is 1. The molecule has 0 bridgehead atoms. The van der Waals surface area contributed by atoms with Crippen molar-refractivity contribution in [3.8, 4) is 5.75 Å². The van der Waals surface area contributed by atoms with E-state index < -0.39 is 0 Å². The molecule has 1 aliphatic heterocycles. The molecule has 1 aliphatic rings. The van der Waals surface area contributed by atoms with Crippen molar-refractivity contribution in [2.75, 3.05) is 26.7 Å². The molecule has 3 heteroatoms. The van der Waals surface area contributed by atoms with E-state index in [4.69, 9.17) is 10.5 Å². The maximum absolute atomic E-state index is 6.38. The van der Waals surface area contributed by atoms with Crippen LogP contribution in [0.15, 0.2) is 24.3 Å². The van der Waals surface area contributed by atoms with Gasteiger partial charge in [0.2, 0.25) is 0 Å². The van der Waals surface area contributed by atoms with Crippen molar-refractivity contribution in [3.63, 3.8) is 0 Å². The van der Waals surface area contributed by atoms with E-state index in [1.165, 1.54) is 37.9 Å². The lowest BCUT2D eigenvalue weighted by Gasteiger charge is -2.24. The molecule has 1 heterocycles. The van der Waals surface area contributed by atoms with Crippen molar-refractivity contribution in [3.05, 3.63) is 29.8 Å². The van der Waals surface area contributed by atoms with Gasteiger partial charge in [0.1, 0.15) is 5.75 Å². The summed E-state index contributed by atoms with van der Waals surface area (Å²) in [6, 6.07) is 8.24. The van der Waals surface area contributed by atoms with Gasteiger partial charge in [0, 0.05) is 12.6 Å². The van der Waals surface area contributed by atoms with Crippen molar-refractivity contribution in [1.82, 2.24) is 4.90 Å². The van der Waals surface area contributed by atoms with Gasteiger partial charge in [-0.25, -0.2) is 0 Å². The fourth-order valence-electron chi connectivity index (χ4n) is 3.27. The van der Waals surface area contributed by atoms with Crippen molar-refractivity contribution in [2.24, 2.45) is 17.6 Å².